The second kappa shape index (κ2) is 3.84. The first-order valence-corrected chi connectivity index (χ1v) is 5.03. The fraction of sp³-hybridized carbons (Fsp3) is 0.778. The van der Waals surface area contributed by atoms with E-state index in [-0.39, 0.29) is 6.42 Å². The number of likely N-dealkylation sites (tertiary alicyclic amines) is 1. The highest BCUT2D eigenvalue weighted by molar-refractivity contribution is 4.92. The van der Waals surface area contributed by atoms with Crippen molar-refractivity contribution >= 4 is 0 Å². The van der Waals surface area contributed by atoms with Crippen molar-refractivity contribution in [3.63, 3.8) is 0 Å². The summed E-state index contributed by atoms with van der Waals surface area (Å²) in [6, 6.07) is 0. The van der Waals surface area contributed by atoms with Crippen LogP contribution in [0.3, 0.4) is 0 Å². The molecule has 0 aromatic carbocycles. The van der Waals surface area contributed by atoms with Crippen LogP contribution in [-0.2, 0) is 6.54 Å². The van der Waals surface area contributed by atoms with Crippen molar-refractivity contribution < 1.29 is 8.78 Å². The van der Waals surface area contributed by atoms with E-state index in [4.69, 9.17) is 0 Å². The lowest BCUT2D eigenvalue weighted by Crippen LogP contribution is -2.45. The normalized spacial score (nSPS) is 26.7. The van der Waals surface area contributed by atoms with Gasteiger partial charge in [-0.05, 0) is 0 Å². The van der Waals surface area contributed by atoms with Crippen molar-refractivity contribution in [2.75, 3.05) is 13.1 Å². The van der Waals surface area contributed by atoms with Gasteiger partial charge in [0.15, 0.2) is 0 Å². The average molecular weight is 216 g/mol. The molecule has 15 heavy (non-hydrogen) atoms. The molecule has 1 aliphatic heterocycles. The van der Waals surface area contributed by atoms with Gasteiger partial charge in [-0.25, -0.2) is 8.78 Å². The number of alkyl halides is 2. The number of hydrogen-bond acceptors (Lipinski definition) is 3. The Labute approximate surface area is 86.7 Å². The Morgan fingerprint density at radius 1 is 1.67 bits per heavy atom. The molecule has 1 fully saturated rings. The Bertz CT molecular complexity index is 312. The van der Waals surface area contributed by atoms with Crippen LogP contribution in [-0.4, -0.2) is 39.3 Å². The number of nitrogens with one attached hydrogen (secondary N) is 1. The summed E-state index contributed by atoms with van der Waals surface area (Å²) < 4.78 is 26.4. The van der Waals surface area contributed by atoms with Gasteiger partial charge in [-0.1, -0.05) is 6.92 Å². The highest BCUT2D eigenvalue weighted by Crippen LogP contribution is 2.33. The number of aromatic nitrogens is 3. The summed E-state index contributed by atoms with van der Waals surface area (Å²) in [5.41, 5.74) is 0.799. The minimum absolute atomic E-state index is 0.0635. The molecule has 0 saturated carbocycles. The van der Waals surface area contributed by atoms with Crippen molar-refractivity contribution in [3.8, 4) is 0 Å². The topological polar surface area (TPSA) is 44.8 Å². The Morgan fingerprint density at radius 2 is 2.47 bits per heavy atom. The summed E-state index contributed by atoms with van der Waals surface area (Å²) in [5, 5.41) is 10.1. The zero-order valence-electron chi connectivity index (χ0n) is 8.58. The minimum Gasteiger partial charge on any atom is -0.297 e. The molecule has 1 aromatic rings. The third-order valence-corrected chi connectivity index (χ3v) is 2.86. The van der Waals surface area contributed by atoms with Gasteiger partial charge >= 0.3 is 0 Å². The number of hydrogen-bond donors (Lipinski definition) is 1. The maximum absolute atomic E-state index is 13.2. The van der Waals surface area contributed by atoms with Crippen molar-refractivity contribution in [1.82, 2.24) is 20.3 Å². The van der Waals surface area contributed by atoms with E-state index in [0.29, 0.717) is 19.6 Å². The Balaban J connectivity index is 1.92. The molecule has 0 radical (unpaired) electrons. The number of halogens is 2. The maximum Gasteiger partial charge on any atom is 0.253 e. The zero-order valence-corrected chi connectivity index (χ0v) is 8.58. The fourth-order valence-electron chi connectivity index (χ4n) is 1.84. The molecule has 84 valence electrons. The first-order valence-electron chi connectivity index (χ1n) is 5.03. The molecule has 1 aliphatic rings. The average Bonchev–Trinajstić information content (AvgIpc) is 2.65. The van der Waals surface area contributed by atoms with Gasteiger partial charge in [-0.2, -0.15) is 15.4 Å². The summed E-state index contributed by atoms with van der Waals surface area (Å²) in [6.07, 6.45) is 1.56. The lowest BCUT2D eigenvalue weighted by molar-refractivity contribution is -0.100. The lowest BCUT2D eigenvalue weighted by Gasteiger charge is -2.36. The van der Waals surface area contributed by atoms with Crippen molar-refractivity contribution in [2.24, 2.45) is 5.92 Å². The van der Waals surface area contributed by atoms with Gasteiger partial charge in [0.2, 0.25) is 0 Å². The van der Waals surface area contributed by atoms with Gasteiger partial charge in [0.1, 0.15) is 0 Å². The first kappa shape index (κ1) is 10.5. The van der Waals surface area contributed by atoms with Crippen LogP contribution in [0.5, 0.6) is 0 Å². The predicted octanol–water partition coefficient (Wildman–Crippen LogP) is 1.28. The molecule has 0 spiro atoms. The van der Waals surface area contributed by atoms with Crippen LogP contribution in [0.2, 0.25) is 0 Å². The van der Waals surface area contributed by atoms with Crippen LogP contribution >= 0.6 is 0 Å². The molecule has 0 aliphatic carbocycles. The van der Waals surface area contributed by atoms with Gasteiger partial charge in [-0.3, -0.25) is 4.90 Å². The molecule has 6 heteroatoms. The quantitative estimate of drug-likeness (QED) is 0.810. The van der Waals surface area contributed by atoms with Crippen molar-refractivity contribution in [3.05, 3.63) is 11.9 Å². The minimum atomic E-state index is -2.51. The molecule has 4 nitrogen and oxygen atoms in total. The summed E-state index contributed by atoms with van der Waals surface area (Å²) in [7, 11) is 0. The molecule has 1 saturated heterocycles. The van der Waals surface area contributed by atoms with E-state index in [0.717, 1.165) is 5.69 Å². The van der Waals surface area contributed by atoms with Crippen LogP contribution in [0.25, 0.3) is 0 Å². The standard InChI is InChI=1S/C9H14F2N4/c1-7-5-15(3-2-9(7,10)11)6-8-4-12-14-13-8/h4,7H,2-3,5-6H2,1H3,(H,12,13,14). The van der Waals surface area contributed by atoms with E-state index < -0.39 is 11.8 Å². The fourth-order valence-corrected chi connectivity index (χ4v) is 1.84. The van der Waals surface area contributed by atoms with Crippen LogP contribution in [0.4, 0.5) is 8.78 Å². The number of rotatable bonds is 2. The molecular formula is C9H14F2N4. The SMILES string of the molecule is CC1CN(Cc2cn[nH]n2)CCC1(F)F. The lowest BCUT2D eigenvalue weighted by atomic mass is 9.95. The second-order valence-corrected chi connectivity index (χ2v) is 4.11. The van der Waals surface area contributed by atoms with Gasteiger partial charge in [-0.15, -0.1) is 0 Å². The summed E-state index contributed by atoms with van der Waals surface area (Å²) in [4.78, 5) is 1.99. The van der Waals surface area contributed by atoms with Crippen LogP contribution < -0.4 is 0 Å². The van der Waals surface area contributed by atoms with Crippen LogP contribution in [0.1, 0.15) is 19.0 Å². The number of H-pyrrole nitrogens is 1. The Kier molecular flexibility index (Phi) is 2.68. The molecule has 1 atom stereocenters. The zero-order chi connectivity index (χ0) is 10.9. The monoisotopic (exact) mass is 216 g/mol. The molecule has 2 rings (SSSR count). The van der Waals surface area contributed by atoms with Crippen molar-refractivity contribution in [2.45, 2.75) is 25.8 Å². The number of piperidine rings is 1. The van der Waals surface area contributed by atoms with Gasteiger partial charge < -0.3 is 0 Å². The van der Waals surface area contributed by atoms with E-state index in [1.54, 1.807) is 13.1 Å². The third kappa shape index (κ3) is 2.31. The second-order valence-electron chi connectivity index (χ2n) is 4.11. The molecule has 1 N–H and O–H groups in total. The first-order chi connectivity index (χ1) is 7.08. The third-order valence-electron chi connectivity index (χ3n) is 2.86. The van der Waals surface area contributed by atoms with Gasteiger partial charge in [0, 0.05) is 32.0 Å². The molecule has 1 unspecified atom stereocenters. The van der Waals surface area contributed by atoms with E-state index in [2.05, 4.69) is 15.4 Å². The Morgan fingerprint density at radius 3 is 3.07 bits per heavy atom. The smallest absolute Gasteiger partial charge is 0.253 e. The van der Waals surface area contributed by atoms with Crippen molar-refractivity contribution in [1.29, 1.82) is 0 Å². The van der Waals surface area contributed by atoms with E-state index in [9.17, 15) is 8.78 Å². The summed E-state index contributed by atoms with van der Waals surface area (Å²) >= 11 is 0. The molecular weight excluding hydrogens is 202 g/mol. The summed E-state index contributed by atoms with van der Waals surface area (Å²) in [5.74, 6) is -3.10. The molecule has 2 heterocycles. The van der Waals surface area contributed by atoms with Crippen LogP contribution in [0.15, 0.2) is 6.20 Å². The summed E-state index contributed by atoms with van der Waals surface area (Å²) in [6.45, 7) is 3.02. The highest BCUT2D eigenvalue weighted by atomic mass is 19.3. The van der Waals surface area contributed by atoms with Gasteiger partial charge in [0.05, 0.1) is 11.9 Å². The van der Waals surface area contributed by atoms with E-state index >= 15 is 0 Å². The van der Waals surface area contributed by atoms with Crippen LogP contribution in [0, 0.1) is 5.92 Å². The Hall–Kier alpha value is -1.04. The molecule has 0 amide bonds. The molecule has 0 bridgehead atoms. The predicted molar refractivity (Wildman–Crippen MR) is 50.4 cm³/mol. The number of nitrogens with zero attached hydrogens (tertiary/aromatic N) is 3. The number of aromatic amines is 1. The highest BCUT2D eigenvalue weighted by Gasteiger charge is 2.40. The van der Waals surface area contributed by atoms with Gasteiger partial charge in [0.25, 0.3) is 5.92 Å². The van der Waals surface area contributed by atoms with E-state index in [1.165, 1.54) is 0 Å². The largest absolute Gasteiger partial charge is 0.297 e. The maximum atomic E-state index is 13.2. The van der Waals surface area contributed by atoms with E-state index in [1.807, 2.05) is 4.90 Å². The molecule has 1 aromatic heterocycles.